The van der Waals surface area contributed by atoms with Crippen LogP contribution in [0.2, 0.25) is 0 Å². The minimum Gasteiger partial charge on any atom is -0.279 e. The second-order valence-electron chi connectivity index (χ2n) is 8.97. The van der Waals surface area contributed by atoms with Crippen molar-refractivity contribution >= 4 is 0 Å². The van der Waals surface area contributed by atoms with Gasteiger partial charge in [-0.25, -0.2) is 0 Å². The van der Waals surface area contributed by atoms with Crippen LogP contribution < -0.4 is 0 Å². The Morgan fingerprint density at radius 2 is 1.26 bits per heavy atom. The van der Waals surface area contributed by atoms with Crippen LogP contribution in [0.5, 0.6) is 0 Å². The molecule has 0 saturated carbocycles. The molecule has 0 radical (unpaired) electrons. The zero-order valence-corrected chi connectivity index (χ0v) is 16.2. The van der Waals surface area contributed by atoms with Gasteiger partial charge in [-0.1, -0.05) is 78.4 Å². The number of nitrogens with zero attached hydrogens (tertiary/aromatic N) is 1. The molecule has 3 aromatic carbocycles. The van der Waals surface area contributed by atoms with E-state index in [-0.39, 0.29) is 11.0 Å². The largest absolute Gasteiger partial charge is 0.279 e. The molecule has 27 heavy (non-hydrogen) atoms. The molecule has 1 fully saturated rings. The Hall–Kier alpha value is -2.38. The highest BCUT2D eigenvalue weighted by atomic mass is 15.4. The Bertz CT molecular complexity index is 952. The van der Waals surface area contributed by atoms with Crippen molar-refractivity contribution in [2.45, 2.75) is 50.2 Å². The normalized spacial score (nSPS) is 34.6. The van der Waals surface area contributed by atoms with Gasteiger partial charge in [-0.2, -0.15) is 0 Å². The molecule has 2 bridgehead atoms. The maximum absolute atomic E-state index is 2.80. The number of rotatable bonds is 2. The van der Waals surface area contributed by atoms with E-state index in [2.05, 4.69) is 98.5 Å². The van der Waals surface area contributed by atoms with Gasteiger partial charge in [0.1, 0.15) is 0 Å². The Balaban J connectivity index is 1.53. The fourth-order valence-electron chi connectivity index (χ4n) is 6.34. The molecule has 134 valence electrons. The van der Waals surface area contributed by atoms with Gasteiger partial charge in [0.2, 0.25) is 0 Å². The van der Waals surface area contributed by atoms with Crippen LogP contribution in [0.15, 0.2) is 72.8 Å². The molecule has 1 saturated heterocycles. The standard InChI is InChI=1S/C26H25N/c1-17-12-14-18(15-13-17)16-23-24-25(2)19-8-4-6-10-21(19)26(3,27(23)24)22-11-7-5-9-20(22)25/h4-15,23-24H,16H2,1-3H3. The van der Waals surface area contributed by atoms with Gasteiger partial charge in [0.15, 0.2) is 0 Å². The van der Waals surface area contributed by atoms with E-state index >= 15 is 0 Å². The van der Waals surface area contributed by atoms with Crippen LogP contribution in [0.4, 0.5) is 0 Å². The van der Waals surface area contributed by atoms with Crippen molar-refractivity contribution in [2.75, 3.05) is 0 Å². The van der Waals surface area contributed by atoms with Gasteiger partial charge in [0.25, 0.3) is 0 Å². The van der Waals surface area contributed by atoms with E-state index < -0.39 is 0 Å². The van der Waals surface area contributed by atoms with Gasteiger partial charge in [-0.3, -0.25) is 4.90 Å². The zero-order valence-electron chi connectivity index (χ0n) is 16.2. The molecule has 3 atom stereocenters. The third-order valence-corrected chi connectivity index (χ3v) is 7.63. The third kappa shape index (κ3) is 1.74. The molecule has 1 nitrogen and oxygen atoms in total. The first-order valence-corrected chi connectivity index (χ1v) is 10.1. The number of aryl methyl sites for hydroxylation is 1. The average molecular weight is 351 g/mol. The van der Waals surface area contributed by atoms with Crippen LogP contribution in [0.3, 0.4) is 0 Å². The molecule has 0 amide bonds. The quantitative estimate of drug-likeness (QED) is 0.574. The van der Waals surface area contributed by atoms with Crippen LogP contribution in [-0.4, -0.2) is 17.0 Å². The van der Waals surface area contributed by atoms with E-state index in [0.717, 1.165) is 6.42 Å². The predicted molar refractivity (Wildman–Crippen MR) is 110 cm³/mol. The summed E-state index contributed by atoms with van der Waals surface area (Å²) in [5.41, 5.74) is 8.97. The average Bonchev–Trinajstić information content (AvgIpc) is 3.43. The minimum absolute atomic E-state index is 0.00895. The number of benzene rings is 3. The summed E-state index contributed by atoms with van der Waals surface area (Å²) in [6.45, 7) is 7.10. The minimum atomic E-state index is -0.00895. The van der Waals surface area contributed by atoms with Crippen LogP contribution >= 0.6 is 0 Å². The van der Waals surface area contributed by atoms with Gasteiger partial charge < -0.3 is 0 Å². The number of hydrogen-bond donors (Lipinski definition) is 0. The summed E-state index contributed by atoms with van der Waals surface area (Å²) < 4.78 is 0. The van der Waals surface area contributed by atoms with Crippen molar-refractivity contribution in [3.8, 4) is 0 Å². The van der Waals surface area contributed by atoms with Crippen LogP contribution in [0.25, 0.3) is 0 Å². The van der Waals surface area contributed by atoms with E-state index in [1.165, 1.54) is 22.3 Å². The highest BCUT2D eigenvalue weighted by molar-refractivity contribution is 5.66. The topological polar surface area (TPSA) is 3.01 Å². The Labute approximate surface area is 161 Å². The van der Waals surface area contributed by atoms with Gasteiger partial charge in [0, 0.05) is 17.5 Å². The van der Waals surface area contributed by atoms with Crippen molar-refractivity contribution in [3.05, 3.63) is 106 Å². The molecule has 3 unspecified atom stereocenters. The monoisotopic (exact) mass is 351 g/mol. The summed E-state index contributed by atoms with van der Waals surface area (Å²) in [5.74, 6) is 0. The summed E-state index contributed by atoms with van der Waals surface area (Å²) in [5, 5.41) is 0. The molecule has 3 aliphatic heterocycles. The third-order valence-electron chi connectivity index (χ3n) is 7.63. The van der Waals surface area contributed by atoms with E-state index in [4.69, 9.17) is 0 Å². The SMILES string of the molecule is Cc1ccc(CC2C3N2C2(C)c4ccccc4C3(C)c3ccccc32)cc1. The van der Waals surface area contributed by atoms with Crippen LogP contribution in [0.1, 0.15) is 47.2 Å². The molecular formula is C26H25N. The zero-order chi connectivity index (χ0) is 18.4. The molecule has 4 aliphatic rings. The van der Waals surface area contributed by atoms with E-state index in [0.29, 0.717) is 12.1 Å². The molecule has 7 rings (SSSR count). The summed E-state index contributed by atoms with van der Waals surface area (Å²) in [7, 11) is 0. The summed E-state index contributed by atoms with van der Waals surface area (Å²) in [4.78, 5) is 2.80. The Morgan fingerprint density at radius 1 is 0.741 bits per heavy atom. The Morgan fingerprint density at radius 3 is 1.81 bits per heavy atom. The van der Waals surface area contributed by atoms with Gasteiger partial charge in [0.05, 0.1) is 5.54 Å². The maximum Gasteiger partial charge on any atom is 0.0699 e. The first kappa shape index (κ1) is 15.7. The van der Waals surface area contributed by atoms with Gasteiger partial charge in [-0.05, 0) is 55.0 Å². The molecule has 1 aliphatic carbocycles. The molecule has 0 N–H and O–H groups in total. The molecule has 1 heteroatoms. The fraction of sp³-hybridized carbons (Fsp3) is 0.308. The number of hydrogen-bond acceptors (Lipinski definition) is 1. The first-order valence-electron chi connectivity index (χ1n) is 10.1. The molecule has 0 spiro atoms. The van der Waals surface area contributed by atoms with Crippen molar-refractivity contribution in [1.82, 2.24) is 4.90 Å². The first-order chi connectivity index (χ1) is 13.1. The van der Waals surface area contributed by atoms with E-state index in [9.17, 15) is 0 Å². The lowest BCUT2D eigenvalue weighted by atomic mass is 9.57. The molecule has 3 heterocycles. The summed E-state index contributed by atoms with van der Waals surface area (Å²) in [6.07, 6.45) is 1.14. The second-order valence-corrected chi connectivity index (χ2v) is 8.97. The van der Waals surface area contributed by atoms with E-state index in [1.54, 1.807) is 11.1 Å². The lowest BCUT2D eigenvalue weighted by Gasteiger charge is -2.53. The highest BCUT2D eigenvalue weighted by Gasteiger charge is 2.72. The van der Waals surface area contributed by atoms with Crippen LogP contribution in [0, 0.1) is 6.92 Å². The lowest BCUT2D eigenvalue weighted by molar-refractivity contribution is 0.200. The van der Waals surface area contributed by atoms with Crippen LogP contribution in [-0.2, 0) is 17.4 Å². The molecular weight excluding hydrogens is 326 g/mol. The summed E-state index contributed by atoms with van der Waals surface area (Å²) >= 11 is 0. The second kappa shape index (κ2) is 4.91. The van der Waals surface area contributed by atoms with E-state index in [1.807, 2.05) is 0 Å². The maximum atomic E-state index is 2.80. The Kier molecular flexibility index (Phi) is 2.85. The molecule has 0 aromatic heterocycles. The van der Waals surface area contributed by atoms with Gasteiger partial charge in [-0.15, -0.1) is 0 Å². The van der Waals surface area contributed by atoms with Crippen molar-refractivity contribution in [1.29, 1.82) is 0 Å². The van der Waals surface area contributed by atoms with Crippen molar-refractivity contribution in [2.24, 2.45) is 0 Å². The predicted octanol–water partition coefficient (Wildman–Crippen LogP) is 5.19. The molecule has 3 aromatic rings. The highest BCUT2D eigenvalue weighted by Crippen LogP contribution is 2.67. The van der Waals surface area contributed by atoms with Crippen molar-refractivity contribution < 1.29 is 0 Å². The smallest absolute Gasteiger partial charge is 0.0699 e. The van der Waals surface area contributed by atoms with Gasteiger partial charge >= 0.3 is 0 Å². The van der Waals surface area contributed by atoms with Crippen molar-refractivity contribution in [3.63, 3.8) is 0 Å². The summed E-state index contributed by atoms with van der Waals surface area (Å²) in [6, 6.07) is 28.7. The fourth-order valence-corrected chi connectivity index (χ4v) is 6.34. The lowest BCUT2D eigenvalue weighted by Crippen LogP contribution is -2.53.